The van der Waals surface area contributed by atoms with E-state index < -0.39 is 5.60 Å². The summed E-state index contributed by atoms with van der Waals surface area (Å²) in [5, 5.41) is 10.9. The molecule has 2 rings (SSSR count). The standard InChI is InChI=1S/C17H18O/c1-14(2)17(18,16-11-7-4-8-12-16)13-15-9-5-3-6-10-15/h3-12,18H,1,13H2,2H3/t17-/m0/s1. The van der Waals surface area contributed by atoms with Gasteiger partial charge < -0.3 is 5.11 Å². The monoisotopic (exact) mass is 238 g/mol. The number of hydrogen-bond acceptors (Lipinski definition) is 1. The molecule has 2 aromatic carbocycles. The fourth-order valence-corrected chi connectivity index (χ4v) is 2.10. The molecule has 1 atom stereocenters. The van der Waals surface area contributed by atoms with Crippen LogP contribution in [0.4, 0.5) is 0 Å². The van der Waals surface area contributed by atoms with Gasteiger partial charge in [-0.15, -0.1) is 0 Å². The van der Waals surface area contributed by atoms with E-state index in [0.717, 1.165) is 16.7 Å². The van der Waals surface area contributed by atoms with Crippen molar-refractivity contribution in [1.82, 2.24) is 0 Å². The number of aliphatic hydroxyl groups is 1. The zero-order valence-corrected chi connectivity index (χ0v) is 10.6. The summed E-state index contributed by atoms with van der Waals surface area (Å²) in [7, 11) is 0. The van der Waals surface area contributed by atoms with Crippen LogP contribution in [-0.2, 0) is 12.0 Å². The third-order valence-corrected chi connectivity index (χ3v) is 3.26. The lowest BCUT2D eigenvalue weighted by Gasteiger charge is -2.29. The molecule has 1 heteroatoms. The fourth-order valence-electron chi connectivity index (χ4n) is 2.10. The lowest BCUT2D eigenvalue weighted by molar-refractivity contribution is 0.0771. The van der Waals surface area contributed by atoms with Crippen molar-refractivity contribution in [3.8, 4) is 0 Å². The van der Waals surface area contributed by atoms with Crippen LogP contribution in [0.3, 0.4) is 0 Å². The van der Waals surface area contributed by atoms with E-state index in [-0.39, 0.29) is 0 Å². The lowest BCUT2D eigenvalue weighted by Crippen LogP contribution is -2.29. The normalized spacial score (nSPS) is 13.9. The van der Waals surface area contributed by atoms with Gasteiger partial charge >= 0.3 is 0 Å². The summed E-state index contributed by atoms with van der Waals surface area (Å²) in [6, 6.07) is 19.7. The molecule has 0 saturated carbocycles. The maximum atomic E-state index is 10.9. The highest BCUT2D eigenvalue weighted by Crippen LogP contribution is 2.31. The van der Waals surface area contributed by atoms with Crippen LogP contribution in [0, 0.1) is 0 Å². The number of rotatable bonds is 4. The molecule has 92 valence electrons. The van der Waals surface area contributed by atoms with E-state index in [1.165, 1.54) is 0 Å². The first-order chi connectivity index (χ1) is 8.63. The molecule has 0 aliphatic rings. The van der Waals surface area contributed by atoms with E-state index in [9.17, 15) is 5.11 Å². The molecule has 18 heavy (non-hydrogen) atoms. The molecule has 0 saturated heterocycles. The van der Waals surface area contributed by atoms with Crippen LogP contribution in [0.25, 0.3) is 0 Å². The van der Waals surface area contributed by atoms with Gasteiger partial charge in [0, 0.05) is 6.42 Å². The first-order valence-corrected chi connectivity index (χ1v) is 6.11. The Bertz CT molecular complexity index is 516. The van der Waals surface area contributed by atoms with Gasteiger partial charge in [-0.2, -0.15) is 0 Å². The quantitative estimate of drug-likeness (QED) is 0.805. The summed E-state index contributed by atoms with van der Waals surface area (Å²) >= 11 is 0. The van der Waals surface area contributed by atoms with Crippen molar-refractivity contribution >= 4 is 0 Å². The second-order valence-electron chi connectivity index (χ2n) is 4.67. The third kappa shape index (κ3) is 2.52. The van der Waals surface area contributed by atoms with Crippen molar-refractivity contribution in [3.63, 3.8) is 0 Å². The lowest BCUT2D eigenvalue weighted by atomic mass is 9.82. The van der Waals surface area contributed by atoms with E-state index in [4.69, 9.17) is 0 Å². The molecule has 0 amide bonds. The molecule has 0 aliphatic carbocycles. The van der Waals surface area contributed by atoms with E-state index in [1.54, 1.807) is 0 Å². The molecule has 1 N–H and O–H groups in total. The predicted octanol–water partition coefficient (Wildman–Crippen LogP) is 3.69. The Labute approximate surface area is 108 Å². The van der Waals surface area contributed by atoms with E-state index in [0.29, 0.717) is 6.42 Å². The zero-order chi connectivity index (χ0) is 13.0. The molecular weight excluding hydrogens is 220 g/mol. The van der Waals surface area contributed by atoms with Crippen molar-refractivity contribution in [1.29, 1.82) is 0 Å². The topological polar surface area (TPSA) is 20.2 Å². The summed E-state index contributed by atoms with van der Waals surface area (Å²) in [4.78, 5) is 0. The molecule has 1 nitrogen and oxygen atoms in total. The smallest absolute Gasteiger partial charge is 0.114 e. The van der Waals surface area contributed by atoms with Crippen molar-refractivity contribution in [2.45, 2.75) is 18.9 Å². The van der Waals surface area contributed by atoms with Gasteiger partial charge in [0.25, 0.3) is 0 Å². The molecule has 0 radical (unpaired) electrons. The Hall–Kier alpha value is -1.86. The maximum Gasteiger partial charge on any atom is 0.114 e. The number of benzene rings is 2. The first kappa shape index (κ1) is 12.6. The molecule has 0 bridgehead atoms. The van der Waals surface area contributed by atoms with Crippen LogP contribution >= 0.6 is 0 Å². The van der Waals surface area contributed by atoms with E-state index >= 15 is 0 Å². The highest BCUT2D eigenvalue weighted by atomic mass is 16.3. The molecule has 0 heterocycles. The molecule has 0 fully saturated rings. The molecule has 0 unspecified atom stereocenters. The number of hydrogen-bond donors (Lipinski definition) is 1. The minimum Gasteiger partial charge on any atom is -0.380 e. The van der Waals surface area contributed by atoms with Crippen LogP contribution in [0.1, 0.15) is 18.1 Å². The summed E-state index contributed by atoms with van der Waals surface area (Å²) in [6.45, 7) is 5.82. The van der Waals surface area contributed by atoms with E-state index in [2.05, 4.69) is 6.58 Å². The van der Waals surface area contributed by atoms with E-state index in [1.807, 2.05) is 67.6 Å². The molecule has 0 aliphatic heterocycles. The Balaban J connectivity index is 2.37. The van der Waals surface area contributed by atoms with Crippen molar-refractivity contribution in [2.75, 3.05) is 0 Å². The van der Waals surface area contributed by atoms with Gasteiger partial charge in [-0.25, -0.2) is 0 Å². The van der Waals surface area contributed by atoms with Crippen molar-refractivity contribution in [3.05, 3.63) is 83.9 Å². The molecule has 0 aromatic heterocycles. The molecule has 2 aromatic rings. The average Bonchev–Trinajstić information content (AvgIpc) is 2.40. The van der Waals surface area contributed by atoms with Gasteiger partial charge in [-0.1, -0.05) is 67.2 Å². The van der Waals surface area contributed by atoms with Gasteiger partial charge in [0.2, 0.25) is 0 Å². The Morgan fingerprint density at radius 3 is 2.00 bits per heavy atom. The van der Waals surface area contributed by atoms with Gasteiger partial charge in [-0.05, 0) is 23.6 Å². The van der Waals surface area contributed by atoms with Gasteiger partial charge in [0.1, 0.15) is 5.60 Å². The first-order valence-electron chi connectivity index (χ1n) is 6.11. The van der Waals surface area contributed by atoms with Crippen molar-refractivity contribution < 1.29 is 5.11 Å². The molecular formula is C17H18O. The minimum absolute atomic E-state index is 0.549. The zero-order valence-electron chi connectivity index (χ0n) is 10.6. The second kappa shape index (κ2) is 5.19. The van der Waals surface area contributed by atoms with Crippen molar-refractivity contribution in [2.24, 2.45) is 0 Å². The van der Waals surface area contributed by atoms with Crippen LogP contribution in [0.2, 0.25) is 0 Å². The summed E-state index contributed by atoms with van der Waals surface area (Å²) in [5.41, 5.74) is 1.76. The summed E-state index contributed by atoms with van der Waals surface area (Å²) in [5.74, 6) is 0. The van der Waals surface area contributed by atoms with Crippen LogP contribution < -0.4 is 0 Å². The largest absolute Gasteiger partial charge is 0.380 e. The summed E-state index contributed by atoms with van der Waals surface area (Å²) in [6.07, 6.45) is 0.549. The van der Waals surface area contributed by atoms with Gasteiger partial charge in [0.05, 0.1) is 0 Å². The highest BCUT2D eigenvalue weighted by molar-refractivity contribution is 5.34. The Morgan fingerprint density at radius 2 is 1.50 bits per heavy atom. The van der Waals surface area contributed by atoms with Gasteiger partial charge in [-0.3, -0.25) is 0 Å². The minimum atomic E-state index is -0.997. The maximum absolute atomic E-state index is 10.9. The van der Waals surface area contributed by atoms with Crippen LogP contribution in [0.5, 0.6) is 0 Å². The SMILES string of the molecule is C=C(C)[C@@](O)(Cc1ccccc1)c1ccccc1. The highest BCUT2D eigenvalue weighted by Gasteiger charge is 2.30. The fraction of sp³-hybridized carbons (Fsp3) is 0.176. The predicted molar refractivity (Wildman–Crippen MR) is 75.3 cm³/mol. The average molecular weight is 238 g/mol. The Kier molecular flexibility index (Phi) is 3.63. The van der Waals surface area contributed by atoms with Gasteiger partial charge in [0.15, 0.2) is 0 Å². The second-order valence-corrected chi connectivity index (χ2v) is 4.67. The van der Waals surface area contributed by atoms with Crippen LogP contribution in [0.15, 0.2) is 72.8 Å². The third-order valence-electron chi connectivity index (χ3n) is 3.26. The summed E-state index contributed by atoms with van der Waals surface area (Å²) < 4.78 is 0. The Morgan fingerprint density at radius 1 is 1.00 bits per heavy atom. The molecule has 0 spiro atoms. The van der Waals surface area contributed by atoms with Crippen LogP contribution in [-0.4, -0.2) is 5.11 Å².